The number of rotatable bonds is 6. The molecule has 0 bridgehead atoms. The number of benzene rings is 2. The molecule has 2 aromatic heterocycles. The summed E-state index contributed by atoms with van der Waals surface area (Å²) in [6.07, 6.45) is 7.15. The Balaban J connectivity index is 1.49. The van der Waals surface area contributed by atoms with Gasteiger partial charge in [0, 0.05) is 16.0 Å². The highest BCUT2D eigenvalue weighted by molar-refractivity contribution is 9.10. The molecule has 0 atom stereocenters. The van der Waals surface area contributed by atoms with Gasteiger partial charge in [0.2, 0.25) is 0 Å². The van der Waals surface area contributed by atoms with Crippen molar-refractivity contribution < 1.29 is 9.15 Å². The Morgan fingerprint density at radius 3 is 2.68 bits per heavy atom. The van der Waals surface area contributed by atoms with E-state index in [9.17, 15) is 4.79 Å². The summed E-state index contributed by atoms with van der Waals surface area (Å²) in [5, 5.41) is 5.11. The number of fused-ring (bicyclic) bond motifs is 1. The van der Waals surface area contributed by atoms with Crippen molar-refractivity contribution in [3.8, 4) is 17.1 Å². The van der Waals surface area contributed by atoms with E-state index in [0.29, 0.717) is 23.3 Å². The molecule has 0 aliphatic heterocycles. The smallest absolute Gasteiger partial charge is 0.282 e. The highest BCUT2D eigenvalue weighted by Gasteiger charge is 2.22. The molecule has 0 radical (unpaired) electrons. The van der Waals surface area contributed by atoms with Crippen molar-refractivity contribution in [2.75, 3.05) is 6.61 Å². The Morgan fingerprint density at radius 1 is 1.12 bits per heavy atom. The van der Waals surface area contributed by atoms with Gasteiger partial charge in [-0.3, -0.25) is 4.79 Å². The van der Waals surface area contributed by atoms with Gasteiger partial charge in [0.15, 0.2) is 0 Å². The second-order valence-electron chi connectivity index (χ2n) is 8.49. The normalized spacial score (nSPS) is 14.8. The molecule has 1 aliphatic carbocycles. The summed E-state index contributed by atoms with van der Waals surface area (Å²) in [6, 6.07) is 17.1. The summed E-state index contributed by atoms with van der Waals surface area (Å²) in [4.78, 5) is 18.3. The van der Waals surface area contributed by atoms with Gasteiger partial charge in [-0.25, -0.2) is 4.98 Å². The lowest BCUT2D eigenvalue weighted by molar-refractivity contribution is 0.340. The maximum Gasteiger partial charge on any atom is 0.282 e. The second kappa shape index (κ2) is 9.97. The largest absolute Gasteiger partial charge is 0.494 e. The molecule has 0 spiro atoms. The highest BCUT2D eigenvalue weighted by Crippen LogP contribution is 2.32. The number of hydrogen-bond donors (Lipinski definition) is 0. The third-order valence-electron chi connectivity index (χ3n) is 6.18. The molecule has 1 aliphatic rings. The average Bonchev–Trinajstić information content (AvgIpc) is 3.34. The minimum absolute atomic E-state index is 0.165. The van der Waals surface area contributed by atoms with Crippen molar-refractivity contribution in [1.82, 2.24) is 9.66 Å². The van der Waals surface area contributed by atoms with Gasteiger partial charge in [0.05, 0.1) is 23.7 Å². The quantitative estimate of drug-likeness (QED) is 0.264. The monoisotopic (exact) mass is 519 g/mol. The van der Waals surface area contributed by atoms with Crippen LogP contribution in [0.15, 0.2) is 73.4 Å². The van der Waals surface area contributed by atoms with E-state index in [2.05, 4.69) is 21.0 Å². The van der Waals surface area contributed by atoms with Crippen LogP contribution < -0.4 is 10.3 Å². The Bertz CT molecular complexity index is 1380. The van der Waals surface area contributed by atoms with E-state index >= 15 is 0 Å². The van der Waals surface area contributed by atoms with Crippen LogP contribution >= 0.6 is 15.9 Å². The number of hydrogen-bond acceptors (Lipinski definition) is 5. The zero-order valence-electron chi connectivity index (χ0n) is 19.0. The van der Waals surface area contributed by atoms with Crippen LogP contribution in [0.4, 0.5) is 0 Å². The number of furan rings is 1. The van der Waals surface area contributed by atoms with E-state index < -0.39 is 0 Å². The maximum absolute atomic E-state index is 13.4. The first-order valence-electron chi connectivity index (χ1n) is 11.7. The van der Waals surface area contributed by atoms with Gasteiger partial charge in [0.1, 0.15) is 23.1 Å². The first-order chi connectivity index (χ1) is 16.6. The lowest BCUT2D eigenvalue weighted by Gasteiger charge is -2.22. The van der Waals surface area contributed by atoms with Crippen molar-refractivity contribution in [3.63, 3.8) is 0 Å². The Morgan fingerprint density at radius 2 is 1.91 bits per heavy atom. The molecule has 1 saturated carbocycles. The fraction of sp³-hybridized carbons (Fsp3) is 0.296. The van der Waals surface area contributed by atoms with Crippen LogP contribution in [0.3, 0.4) is 0 Å². The lowest BCUT2D eigenvalue weighted by Crippen LogP contribution is -2.25. The minimum atomic E-state index is -0.165. The van der Waals surface area contributed by atoms with Crippen LogP contribution in [-0.2, 0) is 0 Å². The van der Waals surface area contributed by atoms with Crippen molar-refractivity contribution in [2.45, 2.75) is 44.9 Å². The van der Waals surface area contributed by atoms with E-state index in [1.807, 2.05) is 55.5 Å². The molecule has 4 aromatic rings. The van der Waals surface area contributed by atoms with Crippen LogP contribution in [0.2, 0.25) is 0 Å². The Hall–Kier alpha value is -3.19. The van der Waals surface area contributed by atoms with Crippen LogP contribution in [0.1, 0.15) is 56.5 Å². The first kappa shape index (κ1) is 22.6. The van der Waals surface area contributed by atoms with E-state index in [0.717, 1.165) is 53.1 Å². The summed E-state index contributed by atoms with van der Waals surface area (Å²) >= 11 is 3.46. The summed E-state index contributed by atoms with van der Waals surface area (Å²) in [5.74, 6) is 3.08. The van der Waals surface area contributed by atoms with Crippen molar-refractivity contribution in [2.24, 2.45) is 5.10 Å². The van der Waals surface area contributed by atoms with E-state index in [-0.39, 0.29) is 11.5 Å². The summed E-state index contributed by atoms with van der Waals surface area (Å²) in [5.41, 5.74) is 1.48. The molecule has 174 valence electrons. The van der Waals surface area contributed by atoms with Gasteiger partial charge in [-0.1, -0.05) is 35.2 Å². The van der Waals surface area contributed by atoms with E-state index in [1.165, 1.54) is 11.1 Å². The first-order valence-corrected chi connectivity index (χ1v) is 12.5. The zero-order chi connectivity index (χ0) is 23.5. The zero-order valence-corrected chi connectivity index (χ0v) is 20.6. The van der Waals surface area contributed by atoms with Gasteiger partial charge in [-0.2, -0.15) is 9.78 Å². The SMILES string of the molecule is CCOc1ccc(-c2ccc(C=Nn3c(C4CCCCC4)nc4ccc(Br)cc4c3=O)o2)cc1. The summed E-state index contributed by atoms with van der Waals surface area (Å²) in [7, 11) is 0. The van der Waals surface area contributed by atoms with Gasteiger partial charge in [-0.15, -0.1) is 0 Å². The molecule has 34 heavy (non-hydrogen) atoms. The van der Waals surface area contributed by atoms with Gasteiger partial charge in [0.25, 0.3) is 5.56 Å². The van der Waals surface area contributed by atoms with Gasteiger partial charge in [-0.05, 0) is 74.4 Å². The highest BCUT2D eigenvalue weighted by atomic mass is 79.9. The van der Waals surface area contributed by atoms with E-state index in [4.69, 9.17) is 14.1 Å². The fourth-order valence-corrected chi connectivity index (χ4v) is 4.84. The van der Waals surface area contributed by atoms with Crippen molar-refractivity contribution in [1.29, 1.82) is 0 Å². The van der Waals surface area contributed by atoms with Crippen LogP contribution in [0.25, 0.3) is 22.2 Å². The number of halogens is 1. The molecule has 6 nitrogen and oxygen atoms in total. The molecule has 1 fully saturated rings. The minimum Gasteiger partial charge on any atom is -0.494 e. The second-order valence-corrected chi connectivity index (χ2v) is 9.40. The lowest BCUT2D eigenvalue weighted by atomic mass is 9.88. The number of nitrogens with zero attached hydrogens (tertiary/aromatic N) is 3. The van der Waals surface area contributed by atoms with Crippen LogP contribution in [0, 0.1) is 0 Å². The van der Waals surface area contributed by atoms with Crippen molar-refractivity contribution in [3.05, 3.63) is 81.0 Å². The molecule has 2 aromatic carbocycles. The predicted molar refractivity (Wildman–Crippen MR) is 138 cm³/mol. The Labute approximate surface area is 206 Å². The molecular weight excluding hydrogens is 494 g/mol. The average molecular weight is 520 g/mol. The standard InChI is InChI=1S/C27H26BrN3O3/c1-2-33-21-11-8-18(9-12-21)25-15-13-22(34-25)17-29-31-26(19-6-4-3-5-7-19)30-24-14-10-20(28)16-23(24)27(31)32/h8-17,19H,2-7H2,1H3. The Kier molecular flexibility index (Phi) is 6.63. The number of ether oxygens (including phenoxy) is 1. The van der Waals surface area contributed by atoms with Crippen molar-refractivity contribution >= 4 is 33.0 Å². The molecule has 0 N–H and O–H groups in total. The molecule has 5 rings (SSSR count). The summed E-state index contributed by atoms with van der Waals surface area (Å²) in [6.45, 7) is 2.59. The third-order valence-corrected chi connectivity index (χ3v) is 6.67. The molecule has 0 saturated heterocycles. The van der Waals surface area contributed by atoms with Crippen LogP contribution in [0.5, 0.6) is 5.75 Å². The predicted octanol–water partition coefficient (Wildman–Crippen LogP) is 6.75. The number of aromatic nitrogens is 2. The van der Waals surface area contributed by atoms with Gasteiger partial charge >= 0.3 is 0 Å². The molecule has 0 amide bonds. The molecule has 2 heterocycles. The summed E-state index contributed by atoms with van der Waals surface area (Å²) < 4.78 is 13.8. The van der Waals surface area contributed by atoms with Gasteiger partial charge < -0.3 is 9.15 Å². The van der Waals surface area contributed by atoms with Crippen LogP contribution in [-0.4, -0.2) is 22.5 Å². The molecule has 0 unspecified atom stereocenters. The molecular formula is C27H26BrN3O3. The molecule has 7 heteroatoms. The van der Waals surface area contributed by atoms with E-state index in [1.54, 1.807) is 12.3 Å². The fourth-order valence-electron chi connectivity index (χ4n) is 4.48. The maximum atomic E-state index is 13.4. The topological polar surface area (TPSA) is 69.6 Å². The third kappa shape index (κ3) is 4.71.